The molecule has 1 fully saturated rings. The van der Waals surface area contributed by atoms with E-state index in [4.69, 9.17) is 5.11 Å². The summed E-state index contributed by atoms with van der Waals surface area (Å²) in [5.74, 6) is 0. The molecule has 0 bridgehead atoms. The molecule has 114 valence electrons. The van der Waals surface area contributed by atoms with Crippen LogP contribution >= 0.6 is 11.3 Å². The summed E-state index contributed by atoms with van der Waals surface area (Å²) in [6.07, 6.45) is 1.65. The summed E-state index contributed by atoms with van der Waals surface area (Å²) in [7, 11) is 0. The maximum absolute atomic E-state index is 12.3. The van der Waals surface area contributed by atoms with Gasteiger partial charge in [0.25, 0.3) is 5.56 Å². The van der Waals surface area contributed by atoms with Gasteiger partial charge in [-0.1, -0.05) is 0 Å². The molecule has 0 aromatic carbocycles. The third-order valence-electron chi connectivity index (χ3n) is 3.97. The van der Waals surface area contributed by atoms with Gasteiger partial charge in [0.05, 0.1) is 18.5 Å². The van der Waals surface area contributed by atoms with Crippen molar-refractivity contribution in [3.8, 4) is 0 Å². The highest BCUT2D eigenvalue weighted by Gasteiger charge is 2.16. The van der Waals surface area contributed by atoms with Crippen LogP contribution in [-0.4, -0.2) is 70.3 Å². The second-order valence-electron chi connectivity index (χ2n) is 5.28. The maximum atomic E-state index is 12.3. The molecule has 3 rings (SSSR count). The molecule has 0 amide bonds. The van der Waals surface area contributed by atoms with Crippen LogP contribution in [0.25, 0.3) is 10.2 Å². The van der Waals surface area contributed by atoms with E-state index in [1.54, 1.807) is 10.9 Å². The summed E-state index contributed by atoms with van der Waals surface area (Å²) in [4.78, 5) is 21.2. The van der Waals surface area contributed by atoms with Crippen LogP contribution in [0, 0.1) is 0 Å². The molecular weight excluding hydrogens is 288 g/mol. The topological polar surface area (TPSA) is 61.6 Å². The molecule has 21 heavy (non-hydrogen) atoms. The van der Waals surface area contributed by atoms with Crippen molar-refractivity contribution < 1.29 is 5.11 Å². The Hall–Kier alpha value is -1.28. The molecule has 0 aliphatic carbocycles. The summed E-state index contributed by atoms with van der Waals surface area (Å²) in [5, 5.41) is 10.8. The third kappa shape index (κ3) is 3.32. The van der Waals surface area contributed by atoms with Gasteiger partial charge in [-0.3, -0.25) is 19.2 Å². The van der Waals surface area contributed by atoms with E-state index >= 15 is 0 Å². The number of thiophene rings is 1. The molecule has 1 aliphatic heterocycles. The average Bonchev–Trinajstić information content (AvgIpc) is 2.98. The Morgan fingerprint density at radius 2 is 1.86 bits per heavy atom. The predicted molar refractivity (Wildman–Crippen MR) is 83.8 cm³/mol. The second-order valence-corrected chi connectivity index (χ2v) is 6.20. The van der Waals surface area contributed by atoms with Crippen molar-refractivity contribution >= 4 is 21.6 Å². The number of β-amino-alcohol motifs (C(OH)–C–C–N with tert-alkyl or cyclic N) is 1. The van der Waals surface area contributed by atoms with Crippen molar-refractivity contribution in [2.75, 3.05) is 45.9 Å². The lowest BCUT2D eigenvalue weighted by atomic mass is 10.3. The van der Waals surface area contributed by atoms with Gasteiger partial charge >= 0.3 is 0 Å². The molecule has 1 saturated heterocycles. The Balaban J connectivity index is 1.57. The van der Waals surface area contributed by atoms with Crippen LogP contribution in [0.5, 0.6) is 0 Å². The molecule has 6 nitrogen and oxygen atoms in total. The van der Waals surface area contributed by atoms with E-state index < -0.39 is 0 Å². The number of aliphatic hydroxyl groups is 1. The fourth-order valence-corrected chi connectivity index (χ4v) is 3.46. The molecule has 2 aromatic rings. The number of aromatic nitrogens is 2. The zero-order chi connectivity index (χ0) is 14.7. The zero-order valence-electron chi connectivity index (χ0n) is 11.9. The zero-order valence-corrected chi connectivity index (χ0v) is 12.8. The van der Waals surface area contributed by atoms with Crippen LogP contribution < -0.4 is 5.56 Å². The van der Waals surface area contributed by atoms with E-state index in [2.05, 4.69) is 14.8 Å². The van der Waals surface area contributed by atoms with Gasteiger partial charge in [0, 0.05) is 45.8 Å². The molecular formula is C14H20N4O2S. The number of hydrogen-bond donors (Lipinski definition) is 1. The fourth-order valence-electron chi connectivity index (χ4n) is 2.67. The molecule has 1 N–H and O–H groups in total. The van der Waals surface area contributed by atoms with E-state index in [0.717, 1.165) is 49.5 Å². The Labute approximate surface area is 127 Å². The van der Waals surface area contributed by atoms with E-state index in [-0.39, 0.29) is 12.2 Å². The molecule has 1 aliphatic rings. The van der Waals surface area contributed by atoms with Gasteiger partial charge in [0.15, 0.2) is 0 Å². The third-order valence-corrected chi connectivity index (χ3v) is 4.87. The smallest absolute Gasteiger partial charge is 0.271 e. The van der Waals surface area contributed by atoms with Crippen molar-refractivity contribution in [2.24, 2.45) is 0 Å². The van der Waals surface area contributed by atoms with Crippen LogP contribution in [-0.2, 0) is 6.54 Å². The van der Waals surface area contributed by atoms with E-state index in [1.807, 2.05) is 11.4 Å². The summed E-state index contributed by atoms with van der Waals surface area (Å²) in [6.45, 7) is 6.47. The Bertz CT molecular complexity index is 646. The minimum Gasteiger partial charge on any atom is -0.395 e. The molecule has 7 heteroatoms. The molecule has 3 heterocycles. The first-order valence-electron chi connectivity index (χ1n) is 7.26. The first-order chi connectivity index (χ1) is 10.3. The molecule has 2 aromatic heterocycles. The van der Waals surface area contributed by atoms with Crippen LogP contribution in [0.4, 0.5) is 0 Å². The lowest BCUT2D eigenvalue weighted by Gasteiger charge is -2.34. The minimum atomic E-state index is 0.0638. The lowest BCUT2D eigenvalue weighted by molar-refractivity contribution is 0.110. The highest BCUT2D eigenvalue weighted by Crippen LogP contribution is 2.13. The van der Waals surface area contributed by atoms with Crippen molar-refractivity contribution in [3.63, 3.8) is 0 Å². The number of piperazine rings is 1. The highest BCUT2D eigenvalue weighted by molar-refractivity contribution is 7.17. The van der Waals surface area contributed by atoms with Crippen molar-refractivity contribution in [1.82, 2.24) is 19.4 Å². The lowest BCUT2D eigenvalue weighted by Crippen LogP contribution is -2.48. The summed E-state index contributed by atoms with van der Waals surface area (Å²) in [6, 6.07) is 1.88. The van der Waals surface area contributed by atoms with E-state index in [0.29, 0.717) is 6.54 Å². The molecule has 0 atom stereocenters. The number of rotatable bonds is 5. The highest BCUT2D eigenvalue weighted by atomic mass is 32.1. The van der Waals surface area contributed by atoms with Crippen molar-refractivity contribution in [1.29, 1.82) is 0 Å². The molecule has 0 spiro atoms. The second kappa shape index (κ2) is 6.65. The number of nitrogens with zero attached hydrogens (tertiary/aromatic N) is 4. The van der Waals surface area contributed by atoms with Crippen LogP contribution in [0.15, 0.2) is 22.6 Å². The van der Waals surface area contributed by atoms with E-state index in [1.165, 1.54) is 11.3 Å². The molecule has 0 radical (unpaired) electrons. The van der Waals surface area contributed by atoms with Gasteiger partial charge in [0.2, 0.25) is 0 Å². The van der Waals surface area contributed by atoms with Gasteiger partial charge in [-0.2, -0.15) is 0 Å². The van der Waals surface area contributed by atoms with Gasteiger partial charge in [-0.15, -0.1) is 11.3 Å². The van der Waals surface area contributed by atoms with Gasteiger partial charge in [-0.25, -0.2) is 4.98 Å². The largest absolute Gasteiger partial charge is 0.395 e. The summed E-state index contributed by atoms with van der Waals surface area (Å²) in [5.41, 5.74) is 0.854. The summed E-state index contributed by atoms with van der Waals surface area (Å²) < 4.78 is 2.45. The monoisotopic (exact) mass is 308 g/mol. The standard InChI is InChI=1S/C14H20N4O2S/c19-9-8-17-4-2-16(3-5-17)6-7-18-11-15-12-1-10-21-13(12)14(18)20/h1,10-11,19H,2-9H2. The molecule has 0 unspecified atom stereocenters. The van der Waals surface area contributed by atoms with Gasteiger partial charge in [-0.05, 0) is 11.4 Å². The first kappa shape index (κ1) is 14.6. The fraction of sp³-hybridized carbons (Fsp3) is 0.571. The number of fused-ring (bicyclic) bond motifs is 1. The predicted octanol–water partition coefficient (Wildman–Crippen LogP) is 0.0679. The van der Waals surface area contributed by atoms with Crippen molar-refractivity contribution in [3.05, 3.63) is 28.1 Å². The first-order valence-corrected chi connectivity index (χ1v) is 8.14. The summed E-state index contributed by atoms with van der Waals surface area (Å²) >= 11 is 1.46. The molecule has 0 saturated carbocycles. The Kier molecular flexibility index (Phi) is 4.64. The Morgan fingerprint density at radius 3 is 2.57 bits per heavy atom. The SMILES string of the molecule is O=c1c2sccc2ncn1CCN1CCN(CCO)CC1. The number of aliphatic hydroxyl groups excluding tert-OH is 1. The van der Waals surface area contributed by atoms with Gasteiger partial charge in [0.1, 0.15) is 4.70 Å². The van der Waals surface area contributed by atoms with Crippen LogP contribution in [0.2, 0.25) is 0 Å². The number of hydrogen-bond acceptors (Lipinski definition) is 6. The maximum Gasteiger partial charge on any atom is 0.271 e. The normalized spacial score (nSPS) is 17.6. The van der Waals surface area contributed by atoms with E-state index in [9.17, 15) is 4.79 Å². The van der Waals surface area contributed by atoms with Crippen molar-refractivity contribution in [2.45, 2.75) is 6.54 Å². The van der Waals surface area contributed by atoms with Gasteiger partial charge < -0.3 is 5.11 Å². The average molecular weight is 308 g/mol. The Morgan fingerprint density at radius 1 is 1.14 bits per heavy atom. The minimum absolute atomic E-state index is 0.0638. The quantitative estimate of drug-likeness (QED) is 0.847. The van der Waals surface area contributed by atoms with Crippen LogP contribution in [0.3, 0.4) is 0 Å². The van der Waals surface area contributed by atoms with Crippen LogP contribution in [0.1, 0.15) is 0 Å².